The summed E-state index contributed by atoms with van der Waals surface area (Å²) in [6, 6.07) is 5.39. The van der Waals surface area contributed by atoms with E-state index in [0.29, 0.717) is 12.1 Å². The van der Waals surface area contributed by atoms with Crippen molar-refractivity contribution >= 4 is 74.3 Å². The molecule has 4 rings (SSSR count). The number of benzene rings is 3. The quantitative estimate of drug-likeness (QED) is 0.0731. The maximum Gasteiger partial charge on any atom is 0.397 e. The molecule has 0 aliphatic rings. The molecule has 0 radical (unpaired) electrons. The number of halogens is 2. The molecule has 0 fully saturated rings. The van der Waals surface area contributed by atoms with Crippen LogP contribution in [0.3, 0.4) is 0 Å². The third-order valence-corrected chi connectivity index (χ3v) is 9.61. The van der Waals surface area contributed by atoms with Crippen molar-refractivity contribution in [1.29, 1.82) is 0 Å². The topological polar surface area (TPSA) is 309 Å². The van der Waals surface area contributed by atoms with Crippen LogP contribution in [0, 0.1) is 11.9 Å². The Kier molecular flexibility index (Phi) is 9.48. The minimum absolute atomic E-state index is 0.0141. The highest BCUT2D eigenvalue weighted by Crippen LogP contribution is 2.44. The number of phenols is 2. The molecule has 252 valence electrons. The van der Waals surface area contributed by atoms with Crippen LogP contribution in [0.2, 0.25) is 0 Å². The molecule has 0 bridgehead atoms. The van der Waals surface area contributed by atoms with E-state index in [4.69, 9.17) is 4.55 Å². The number of phenolic OH excluding ortho intramolecular Hbond substituents is 2. The molecule has 0 amide bonds. The van der Waals surface area contributed by atoms with Crippen LogP contribution in [-0.4, -0.2) is 79.9 Å². The molecule has 0 aliphatic carbocycles. The Labute approximate surface area is 262 Å². The van der Waals surface area contributed by atoms with Crippen molar-refractivity contribution in [2.75, 3.05) is 17.7 Å². The molecule has 19 nitrogen and oxygen atoms in total. The zero-order chi connectivity index (χ0) is 35.1. The average molecular weight is 742 g/mol. The Morgan fingerprint density at radius 3 is 1.96 bits per heavy atom. The molecule has 6 N–H and O–H groups in total. The van der Waals surface area contributed by atoms with Gasteiger partial charge in [0.15, 0.2) is 21.3 Å². The van der Waals surface area contributed by atoms with Crippen molar-refractivity contribution < 1.29 is 70.5 Å². The van der Waals surface area contributed by atoms with Gasteiger partial charge in [-0.2, -0.15) is 44.0 Å². The SMILES string of the molecule is O=S(=O)(O)OCCS(=O)(=O)c1cc(N=Nc2c(S(=O)(=O)O)cc3cc(Nc4nc(F)cc(F)n4)ccc3c2O)c(O)c(S(=O)(=O)O)c1. The van der Waals surface area contributed by atoms with Gasteiger partial charge in [0.1, 0.15) is 21.2 Å². The zero-order valence-electron chi connectivity index (χ0n) is 22.5. The summed E-state index contributed by atoms with van der Waals surface area (Å²) in [7, 11) is -20.4. The van der Waals surface area contributed by atoms with Gasteiger partial charge in [0, 0.05) is 17.1 Å². The Morgan fingerprint density at radius 2 is 1.38 bits per heavy atom. The lowest BCUT2D eigenvalue weighted by Gasteiger charge is -2.12. The van der Waals surface area contributed by atoms with E-state index in [1.54, 1.807) is 0 Å². The smallest absolute Gasteiger partial charge is 0.397 e. The molecule has 0 saturated carbocycles. The van der Waals surface area contributed by atoms with Crippen LogP contribution in [0.15, 0.2) is 67.4 Å². The van der Waals surface area contributed by atoms with E-state index in [9.17, 15) is 61.8 Å². The van der Waals surface area contributed by atoms with E-state index < -0.39 is 108 Å². The fraction of sp³-hybridized carbons (Fsp3) is 0.0909. The van der Waals surface area contributed by atoms with Crippen molar-refractivity contribution in [3.63, 3.8) is 0 Å². The fourth-order valence-corrected chi connectivity index (χ4v) is 6.67. The van der Waals surface area contributed by atoms with Crippen molar-refractivity contribution in [2.24, 2.45) is 10.2 Å². The van der Waals surface area contributed by atoms with E-state index in [1.165, 1.54) is 6.07 Å². The van der Waals surface area contributed by atoms with Gasteiger partial charge in [-0.3, -0.25) is 13.7 Å². The first kappa shape index (κ1) is 35.4. The Bertz CT molecular complexity index is 2390. The van der Waals surface area contributed by atoms with Gasteiger partial charge in [0.2, 0.25) is 17.8 Å². The second kappa shape index (κ2) is 12.6. The number of fused-ring (bicyclic) bond motifs is 1. The van der Waals surface area contributed by atoms with Crippen LogP contribution < -0.4 is 5.32 Å². The van der Waals surface area contributed by atoms with Gasteiger partial charge in [-0.15, -0.1) is 10.2 Å². The lowest BCUT2D eigenvalue weighted by atomic mass is 10.1. The Hall–Kier alpha value is -4.50. The summed E-state index contributed by atoms with van der Waals surface area (Å²) in [6.07, 6.45) is 0. The molecule has 1 heterocycles. The summed E-state index contributed by atoms with van der Waals surface area (Å²) in [5.41, 5.74) is -2.06. The first-order chi connectivity index (χ1) is 21.5. The van der Waals surface area contributed by atoms with Gasteiger partial charge >= 0.3 is 10.4 Å². The molecule has 1 aromatic heterocycles. The Morgan fingerprint density at radius 1 is 0.766 bits per heavy atom. The number of sulfone groups is 1. The summed E-state index contributed by atoms with van der Waals surface area (Å²) >= 11 is 0. The van der Waals surface area contributed by atoms with Gasteiger partial charge in [-0.05, 0) is 41.8 Å². The predicted molar refractivity (Wildman–Crippen MR) is 152 cm³/mol. The summed E-state index contributed by atoms with van der Waals surface area (Å²) < 4.78 is 154. The van der Waals surface area contributed by atoms with Crippen molar-refractivity contribution in [3.8, 4) is 11.5 Å². The van der Waals surface area contributed by atoms with Crippen LogP contribution in [0.1, 0.15) is 0 Å². The fourth-order valence-electron chi connectivity index (χ4n) is 3.79. The summed E-state index contributed by atoms with van der Waals surface area (Å²) in [5, 5.41) is 30.3. The number of hydrogen-bond donors (Lipinski definition) is 6. The van der Waals surface area contributed by atoms with Crippen LogP contribution in [0.25, 0.3) is 10.8 Å². The van der Waals surface area contributed by atoms with Gasteiger partial charge < -0.3 is 15.5 Å². The molecule has 4 aromatic rings. The van der Waals surface area contributed by atoms with Gasteiger partial charge in [0.05, 0.1) is 17.3 Å². The molecule has 0 saturated heterocycles. The minimum atomic E-state index is -5.39. The third-order valence-electron chi connectivity index (χ3n) is 5.76. The van der Waals surface area contributed by atoms with E-state index in [0.717, 1.165) is 18.2 Å². The maximum atomic E-state index is 13.4. The highest BCUT2D eigenvalue weighted by atomic mass is 32.3. The normalized spacial score (nSPS) is 13.0. The van der Waals surface area contributed by atoms with Crippen LogP contribution >= 0.6 is 0 Å². The molecule has 3 aromatic carbocycles. The number of anilines is 2. The number of rotatable bonds is 11. The summed E-state index contributed by atoms with van der Waals surface area (Å²) in [6.45, 7) is -1.16. The summed E-state index contributed by atoms with van der Waals surface area (Å²) in [4.78, 5) is 3.08. The lowest BCUT2D eigenvalue weighted by molar-refractivity contribution is 0.284. The Balaban J connectivity index is 1.84. The van der Waals surface area contributed by atoms with Crippen molar-refractivity contribution in [3.05, 3.63) is 54.4 Å². The van der Waals surface area contributed by atoms with E-state index >= 15 is 0 Å². The number of aromatic hydroxyl groups is 2. The molecule has 0 atom stereocenters. The second-order valence-electron chi connectivity index (χ2n) is 8.98. The number of azo groups is 1. The molecule has 0 unspecified atom stereocenters. The lowest BCUT2D eigenvalue weighted by Crippen LogP contribution is -2.16. The third kappa shape index (κ3) is 8.46. The molecular weight excluding hydrogens is 725 g/mol. The highest BCUT2D eigenvalue weighted by Gasteiger charge is 2.27. The van der Waals surface area contributed by atoms with E-state index in [-0.39, 0.29) is 22.5 Å². The van der Waals surface area contributed by atoms with Crippen LogP contribution in [0.5, 0.6) is 11.5 Å². The van der Waals surface area contributed by atoms with Crippen molar-refractivity contribution in [1.82, 2.24) is 9.97 Å². The number of nitrogens with zero attached hydrogens (tertiary/aromatic N) is 4. The van der Waals surface area contributed by atoms with Gasteiger partial charge in [-0.25, -0.2) is 12.6 Å². The molecule has 47 heavy (non-hydrogen) atoms. The van der Waals surface area contributed by atoms with E-state index in [2.05, 4.69) is 29.7 Å². The maximum absolute atomic E-state index is 13.4. The average Bonchev–Trinajstić information content (AvgIpc) is 2.90. The second-order valence-corrected chi connectivity index (χ2v) is 15.0. The molecule has 25 heteroatoms. The molecular formula is C22H17F2N5O14S4. The van der Waals surface area contributed by atoms with Gasteiger partial charge in [0.25, 0.3) is 20.2 Å². The standard InChI is InChI=1S/C22H17F2N5O14S4/c23-17-9-18(24)27-22(26-17)25-11-1-2-13-10(5-11)6-15(45(34,35)36)19(20(13)30)29-28-14-7-12(8-16(21(14)31)46(37,38)39)44(32,33)4-3-43-47(40,41)42/h1-2,5-9,30-31H,3-4H2,(H,25,26,27)(H,34,35,36)(H,37,38,39)(H,40,41,42). The predicted octanol–water partition coefficient (Wildman–Crippen LogP) is 2.56. The molecule has 0 aliphatic heterocycles. The first-order valence-electron chi connectivity index (χ1n) is 11.9. The monoisotopic (exact) mass is 741 g/mol. The van der Waals surface area contributed by atoms with Crippen LogP contribution in [-0.2, 0) is 44.7 Å². The van der Waals surface area contributed by atoms with Crippen LogP contribution in [0.4, 0.5) is 31.8 Å². The number of hydrogen-bond acceptors (Lipinski definition) is 16. The summed E-state index contributed by atoms with van der Waals surface area (Å²) in [5.74, 6) is -6.57. The van der Waals surface area contributed by atoms with Crippen molar-refractivity contribution in [2.45, 2.75) is 14.7 Å². The van der Waals surface area contributed by atoms with Gasteiger partial charge in [-0.1, -0.05) is 0 Å². The number of aromatic nitrogens is 2. The number of nitrogens with one attached hydrogen (secondary N) is 1. The van der Waals surface area contributed by atoms with E-state index in [1.807, 2.05) is 0 Å². The first-order valence-corrected chi connectivity index (χ1v) is 17.8. The largest absolute Gasteiger partial charge is 0.505 e. The molecule has 0 spiro atoms. The highest BCUT2D eigenvalue weighted by molar-refractivity contribution is 7.91. The minimum Gasteiger partial charge on any atom is -0.505 e. The zero-order valence-corrected chi connectivity index (χ0v) is 25.8.